The lowest BCUT2D eigenvalue weighted by atomic mass is 10.2. The summed E-state index contributed by atoms with van der Waals surface area (Å²) in [6.45, 7) is 1.84. The molecule has 1 aromatic rings. The van der Waals surface area contributed by atoms with Gasteiger partial charge in [-0.05, 0) is 6.92 Å². The molecule has 1 unspecified atom stereocenters. The molecule has 1 heterocycles. The van der Waals surface area contributed by atoms with E-state index < -0.39 is 0 Å². The Hall–Kier alpha value is -1.36. The van der Waals surface area contributed by atoms with Crippen molar-refractivity contribution < 1.29 is 0 Å². The molecule has 0 aliphatic rings. The van der Waals surface area contributed by atoms with Gasteiger partial charge in [0.1, 0.15) is 11.6 Å². The maximum Gasteiger partial charge on any atom is 0.252 e. The van der Waals surface area contributed by atoms with E-state index in [2.05, 4.69) is 9.97 Å². The molecule has 1 rings (SSSR count). The number of nitrogens with one attached hydrogen (secondary N) is 1. The van der Waals surface area contributed by atoms with Gasteiger partial charge in [-0.2, -0.15) is 0 Å². The lowest BCUT2D eigenvalue weighted by molar-refractivity contribution is 0.700. The highest BCUT2D eigenvalue weighted by Crippen LogP contribution is 1.94. The highest BCUT2D eigenvalue weighted by atomic mass is 16.1. The largest absolute Gasteiger partial charge is 0.383 e. The number of nitrogens with two attached hydrogens (primary N) is 2. The molecule has 0 radical (unpaired) electrons. The van der Waals surface area contributed by atoms with Gasteiger partial charge in [-0.25, -0.2) is 4.98 Å². The van der Waals surface area contributed by atoms with E-state index in [4.69, 9.17) is 11.5 Å². The van der Waals surface area contributed by atoms with Crippen molar-refractivity contribution in [3.8, 4) is 0 Å². The van der Waals surface area contributed by atoms with Gasteiger partial charge in [0, 0.05) is 18.5 Å². The molecule has 5 nitrogen and oxygen atoms in total. The van der Waals surface area contributed by atoms with Crippen LogP contribution in [-0.2, 0) is 6.42 Å². The van der Waals surface area contributed by atoms with Crippen LogP contribution in [-0.4, -0.2) is 16.0 Å². The molecule has 5 N–H and O–H groups in total. The average molecular weight is 168 g/mol. The van der Waals surface area contributed by atoms with E-state index in [0.29, 0.717) is 12.2 Å². The fourth-order valence-electron chi connectivity index (χ4n) is 0.930. The summed E-state index contributed by atoms with van der Waals surface area (Å²) < 4.78 is 0. The Bertz CT molecular complexity index is 317. The molecule has 66 valence electrons. The maximum atomic E-state index is 10.9. The van der Waals surface area contributed by atoms with Gasteiger partial charge in [-0.3, -0.25) is 4.79 Å². The van der Waals surface area contributed by atoms with E-state index in [-0.39, 0.29) is 17.4 Å². The predicted molar refractivity (Wildman–Crippen MR) is 46.6 cm³/mol. The molecule has 5 heteroatoms. The van der Waals surface area contributed by atoms with Gasteiger partial charge >= 0.3 is 0 Å². The number of anilines is 1. The topological polar surface area (TPSA) is 97.8 Å². The standard InChI is InChI=1S/C7H12N4O/c1-4(8)2-6-10-5(9)3-7(12)11-6/h3-4H,2,8H2,1H3,(H3,9,10,11,12). The summed E-state index contributed by atoms with van der Waals surface area (Å²) in [7, 11) is 0. The molecule has 0 spiro atoms. The molecule has 0 aliphatic carbocycles. The van der Waals surface area contributed by atoms with Crippen LogP contribution in [0.5, 0.6) is 0 Å². The molecular weight excluding hydrogens is 156 g/mol. The number of hydrogen-bond donors (Lipinski definition) is 3. The number of rotatable bonds is 2. The highest BCUT2D eigenvalue weighted by Gasteiger charge is 2.01. The number of hydrogen-bond acceptors (Lipinski definition) is 4. The van der Waals surface area contributed by atoms with Gasteiger partial charge in [0.25, 0.3) is 5.56 Å². The van der Waals surface area contributed by atoms with Crippen LogP contribution < -0.4 is 17.0 Å². The third-order valence-electron chi connectivity index (χ3n) is 1.33. The normalized spacial score (nSPS) is 12.8. The monoisotopic (exact) mass is 168 g/mol. The second-order valence-corrected chi connectivity index (χ2v) is 2.80. The molecule has 12 heavy (non-hydrogen) atoms. The second kappa shape index (κ2) is 3.36. The molecule has 1 atom stereocenters. The van der Waals surface area contributed by atoms with Crippen molar-refractivity contribution in [3.63, 3.8) is 0 Å². The van der Waals surface area contributed by atoms with Crippen LogP contribution >= 0.6 is 0 Å². The molecule has 0 saturated heterocycles. The number of aromatic amines is 1. The summed E-state index contributed by atoms with van der Waals surface area (Å²) in [6.07, 6.45) is 0.528. The Morgan fingerprint density at radius 1 is 1.75 bits per heavy atom. The second-order valence-electron chi connectivity index (χ2n) is 2.80. The lowest BCUT2D eigenvalue weighted by Gasteiger charge is -2.03. The van der Waals surface area contributed by atoms with Gasteiger partial charge in [0.05, 0.1) is 0 Å². The Kier molecular flexibility index (Phi) is 2.44. The molecule has 0 bridgehead atoms. The first kappa shape index (κ1) is 8.73. The Morgan fingerprint density at radius 3 is 2.92 bits per heavy atom. The number of nitrogen functional groups attached to an aromatic ring is 1. The van der Waals surface area contributed by atoms with Crippen LogP contribution in [0.3, 0.4) is 0 Å². The van der Waals surface area contributed by atoms with Crippen LogP contribution in [0.2, 0.25) is 0 Å². The first-order chi connectivity index (χ1) is 5.58. The minimum Gasteiger partial charge on any atom is -0.383 e. The van der Waals surface area contributed by atoms with E-state index in [0.717, 1.165) is 0 Å². The molecule has 0 aliphatic heterocycles. The summed E-state index contributed by atoms with van der Waals surface area (Å²) in [6, 6.07) is 1.21. The van der Waals surface area contributed by atoms with Gasteiger partial charge < -0.3 is 16.5 Å². The fourth-order valence-corrected chi connectivity index (χ4v) is 0.930. The van der Waals surface area contributed by atoms with Crippen molar-refractivity contribution in [2.75, 3.05) is 5.73 Å². The van der Waals surface area contributed by atoms with Crippen molar-refractivity contribution in [1.82, 2.24) is 9.97 Å². The molecule has 0 saturated carbocycles. The molecule has 0 aromatic carbocycles. The summed E-state index contributed by atoms with van der Waals surface area (Å²) >= 11 is 0. The zero-order valence-corrected chi connectivity index (χ0v) is 6.87. The van der Waals surface area contributed by atoms with E-state index in [9.17, 15) is 4.79 Å². The van der Waals surface area contributed by atoms with Crippen molar-refractivity contribution in [1.29, 1.82) is 0 Å². The Morgan fingerprint density at radius 2 is 2.42 bits per heavy atom. The fraction of sp³-hybridized carbons (Fsp3) is 0.429. The van der Waals surface area contributed by atoms with Crippen LogP contribution in [0.25, 0.3) is 0 Å². The van der Waals surface area contributed by atoms with Gasteiger partial charge in [0.15, 0.2) is 0 Å². The Balaban J connectivity index is 2.93. The summed E-state index contributed by atoms with van der Waals surface area (Å²) in [5, 5.41) is 0. The lowest BCUT2D eigenvalue weighted by Crippen LogP contribution is -2.22. The third kappa shape index (κ3) is 2.35. The predicted octanol–water partition coefficient (Wildman–Crippen LogP) is -0.758. The van der Waals surface area contributed by atoms with E-state index >= 15 is 0 Å². The molecule has 0 amide bonds. The van der Waals surface area contributed by atoms with Gasteiger partial charge in [0.2, 0.25) is 0 Å². The minimum atomic E-state index is -0.238. The van der Waals surface area contributed by atoms with E-state index in [1.165, 1.54) is 6.07 Å². The van der Waals surface area contributed by atoms with Crippen LogP contribution in [0, 0.1) is 0 Å². The first-order valence-electron chi connectivity index (χ1n) is 3.69. The smallest absolute Gasteiger partial charge is 0.252 e. The van der Waals surface area contributed by atoms with Gasteiger partial charge in [-0.1, -0.05) is 0 Å². The molecular formula is C7H12N4O. The van der Waals surface area contributed by atoms with E-state index in [1.807, 2.05) is 6.92 Å². The van der Waals surface area contributed by atoms with Crippen LogP contribution in [0.1, 0.15) is 12.7 Å². The van der Waals surface area contributed by atoms with Crippen molar-refractivity contribution in [2.24, 2.45) is 5.73 Å². The van der Waals surface area contributed by atoms with E-state index in [1.54, 1.807) is 0 Å². The quantitative estimate of drug-likeness (QED) is 0.540. The zero-order chi connectivity index (χ0) is 9.14. The van der Waals surface area contributed by atoms with Crippen molar-refractivity contribution in [2.45, 2.75) is 19.4 Å². The van der Waals surface area contributed by atoms with Crippen molar-refractivity contribution >= 4 is 5.82 Å². The SMILES string of the molecule is CC(N)Cc1nc(N)cc(=O)[nH]1. The van der Waals surface area contributed by atoms with Crippen LogP contribution in [0.15, 0.2) is 10.9 Å². The molecule has 1 aromatic heterocycles. The molecule has 0 fully saturated rings. The minimum absolute atomic E-state index is 0.0325. The first-order valence-corrected chi connectivity index (χ1v) is 3.69. The third-order valence-corrected chi connectivity index (χ3v) is 1.33. The van der Waals surface area contributed by atoms with Gasteiger partial charge in [-0.15, -0.1) is 0 Å². The summed E-state index contributed by atoms with van der Waals surface area (Å²) in [5.41, 5.74) is 10.6. The van der Waals surface area contributed by atoms with Crippen molar-refractivity contribution in [3.05, 3.63) is 22.2 Å². The highest BCUT2D eigenvalue weighted by molar-refractivity contribution is 5.25. The number of nitrogens with zero attached hydrogens (tertiary/aromatic N) is 1. The number of aromatic nitrogens is 2. The zero-order valence-electron chi connectivity index (χ0n) is 6.87. The average Bonchev–Trinajstić information content (AvgIpc) is 1.81. The Labute approximate surface area is 69.8 Å². The number of H-pyrrole nitrogens is 1. The van der Waals surface area contributed by atoms with Crippen LogP contribution in [0.4, 0.5) is 5.82 Å². The summed E-state index contributed by atoms with van der Waals surface area (Å²) in [5.74, 6) is 0.768. The summed E-state index contributed by atoms with van der Waals surface area (Å²) in [4.78, 5) is 17.3. The maximum absolute atomic E-state index is 10.9.